The molecule has 3 aromatic rings. The number of rotatable bonds is 5. The standard InChI is InChI=1S/C21H14F6N4O2/c1-33-16-4-2-13(3-5-16)17-10-28-11-18(30-17)19(32)31-29-9-12-6-14(20(22,23)24)8-15(7-12)21(25,26)27/h2-11H,1H3,(H,31,32)/b29-9+. The molecule has 172 valence electrons. The summed E-state index contributed by atoms with van der Waals surface area (Å²) >= 11 is 0. The quantitative estimate of drug-likeness (QED) is 0.327. The molecule has 0 fully saturated rings. The van der Waals surface area contributed by atoms with Gasteiger partial charge in [0.1, 0.15) is 11.4 Å². The molecule has 0 aliphatic rings. The zero-order chi connectivity index (χ0) is 24.2. The number of carbonyl (C=O) groups is 1. The molecule has 6 nitrogen and oxygen atoms in total. The second-order valence-corrected chi connectivity index (χ2v) is 6.56. The van der Waals surface area contributed by atoms with Crippen molar-refractivity contribution in [3.63, 3.8) is 0 Å². The van der Waals surface area contributed by atoms with Crippen molar-refractivity contribution in [2.45, 2.75) is 12.4 Å². The predicted molar refractivity (Wildman–Crippen MR) is 106 cm³/mol. The summed E-state index contributed by atoms with van der Waals surface area (Å²) in [5, 5.41) is 3.45. The number of hydrazone groups is 1. The van der Waals surface area contributed by atoms with Crippen molar-refractivity contribution in [2.24, 2.45) is 5.10 Å². The van der Waals surface area contributed by atoms with Gasteiger partial charge in [-0.25, -0.2) is 10.4 Å². The van der Waals surface area contributed by atoms with E-state index in [2.05, 4.69) is 15.1 Å². The van der Waals surface area contributed by atoms with E-state index in [1.807, 2.05) is 5.43 Å². The molecule has 0 aliphatic carbocycles. The Hall–Kier alpha value is -3.96. The predicted octanol–water partition coefficient (Wildman–Crippen LogP) is 4.95. The van der Waals surface area contributed by atoms with Gasteiger partial charge in [-0.2, -0.15) is 31.4 Å². The minimum absolute atomic E-state index is 0.00379. The Kier molecular flexibility index (Phi) is 6.65. The highest BCUT2D eigenvalue weighted by atomic mass is 19.4. The van der Waals surface area contributed by atoms with Crippen LogP contribution in [-0.2, 0) is 12.4 Å². The molecule has 12 heteroatoms. The molecule has 0 atom stereocenters. The molecule has 1 aromatic heterocycles. The number of alkyl halides is 6. The highest BCUT2D eigenvalue weighted by Crippen LogP contribution is 2.36. The van der Waals surface area contributed by atoms with Gasteiger partial charge in [0.2, 0.25) is 0 Å². The summed E-state index contributed by atoms with van der Waals surface area (Å²) in [6, 6.07) is 7.69. The number of methoxy groups -OCH3 is 1. The monoisotopic (exact) mass is 468 g/mol. The Labute approximate surface area is 182 Å². The number of hydrogen-bond acceptors (Lipinski definition) is 5. The highest BCUT2D eigenvalue weighted by molar-refractivity contribution is 5.93. The number of carbonyl (C=O) groups excluding carboxylic acids is 1. The fraction of sp³-hybridized carbons (Fsp3) is 0.143. The van der Waals surface area contributed by atoms with Crippen molar-refractivity contribution in [2.75, 3.05) is 7.11 Å². The first-order chi connectivity index (χ1) is 15.5. The number of aromatic nitrogens is 2. The molecule has 0 aliphatic heterocycles. The summed E-state index contributed by atoms with van der Waals surface area (Å²) in [6.45, 7) is 0. The first-order valence-corrected chi connectivity index (χ1v) is 9.07. The summed E-state index contributed by atoms with van der Waals surface area (Å²) in [5.74, 6) is -0.254. The van der Waals surface area contributed by atoms with Gasteiger partial charge in [-0.15, -0.1) is 0 Å². The number of nitrogens with one attached hydrogen (secondary N) is 1. The number of nitrogens with zero attached hydrogens (tertiary/aromatic N) is 3. The van der Waals surface area contributed by atoms with E-state index >= 15 is 0 Å². The van der Waals surface area contributed by atoms with E-state index in [9.17, 15) is 31.1 Å². The maximum atomic E-state index is 12.9. The van der Waals surface area contributed by atoms with E-state index in [0.717, 1.165) is 6.20 Å². The van der Waals surface area contributed by atoms with Gasteiger partial charge in [0.15, 0.2) is 0 Å². The van der Waals surface area contributed by atoms with Crippen LogP contribution >= 0.6 is 0 Å². The third-order valence-electron chi connectivity index (χ3n) is 4.24. The summed E-state index contributed by atoms with van der Waals surface area (Å²) in [7, 11) is 1.50. The van der Waals surface area contributed by atoms with E-state index in [4.69, 9.17) is 4.74 Å². The Morgan fingerprint density at radius 1 is 0.970 bits per heavy atom. The molecule has 0 spiro atoms. The number of ether oxygens (including phenoxy) is 1. The zero-order valence-corrected chi connectivity index (χ0v) is 16.7. The van der Waals surface area contributed by atoms with Crippen LogP contribution in [0.1, 0.15) is 27.2 Å². The lowest BCUT2D eigenvalue weighted by atomic mass is 10.1. The molecule has 1 amide bonds. The topological polar surface area (TPSA) is 76.5 Å². The van der Waals surface area contributed by atoms with Crippen LogP contribution in [0, 0.1) is 0 Å². The number of benzene rings is 2. The van der Waals surface area contributed by atoms with Crippen LogP contribution in [0.2, 0.25) is 0 Å². The van der Waals surface area contributed by atoms with Crippen molar-refractivity contribution in [1.82, 2.24) is 15.4 Å². The number of amides is 1. The minimum atomic E-state index is -5.00. The minimum Gasteiger partial charge on any atom is -0.497 e. The fourth-order valence-electron chi connectivity index (χ4n) is 2.65. The molecule has 1 heterocycles. The molecule has 1 N–H and O–H groups in total. The Morgan fingerprint density at radius 2 is 1.58 bits per heavy atom. The molecular formula is C21H14F6N4O2. The van der Waals surface area contributed by atoms with Crippen LogP contribution in [0.5, 0.6) is 5.75 Å². The van der Waals surface area contributed by atoms with E-state index in [0.29, 0.717) is 35.4 Å². The van der Waals surface area contributed by atoms with Crippen molar-refractivity contribution >= 4 is 12.1 Å². The van der Waals surface area contributed by atoms with Gasteiger partial charge < -0.3 is 4.74 Å². The third-order valence-corrected chi connectivity index (χ3v) is 4.24. The normalized spacial score (nSPS) is 12.1. The number of hydrogen-bond donors (Lipinski definition) is 1. The lowest BCUT2D eigenvalue weighted by Gasteiger charge is -2.12. The summed E-state index contributed by atoms with van der Waals surface area (Å²) < 4.78 is 82.6. The molecule has 33 heavy (non-hydrogen) atoms. The van der Waals surface area contributed by atoms with Gasteiger partial charge in [-0.3, -0.25) is 9.78 Å². The second kappa shape index (κ2) is 9.27. The smallest absolute Gasteiger partial charge is 0.416 e. The molecule has 3 rings (SSSR count). The van der Waals surface area contributed by atoms with Gasteiger partial charge in [0.25, 0.3) is 5.91 Å². The first kappa shape index (κ1) is 23.7. The van der Waals surface area contributed by atoms with Crippen molar-refractivity contribution in [1.29, 1.82) is 0 Å². The van der Waals surface area contributed by atoms with Crippen molar-refractivity contribution in [3.8, 4) is 17.0 Å². The van der Waals surface area contributed by atoms with Crippen molar-refractivity contribution in [3.05, 3.63) is 77.2 Å². The lowest BCUT2D eigenvalue weighted by molar-refractivity contribution is -0.143. The summed E-state index contributed by atoms with van der Waals surface area (Å²) in [5.41, 5.74) is -0.679. The molecule has 0 unspecified atom stereocenters. The fourth-order valence-corrected chi connectivity index (χ4v) is 2.65. The first-order valence-electron chi connectivity index (χ1n) is 9.07. The third kappa shape index (κ3) is 6.05. The van der Waals surface area contributed by atoms with Crippen molar-refractivity contribution < 1.29 is 35.9 Å². The SMILES string of the molecule is COc1ccc(-c2cncc(C(=O)N/N=C/c3cc(C(F)(F)F)cc(C(F)(F)F)c3)n2)cc1. The second-order valence-electron chi connectivity index (χ2n) is 6.56. The number of halogens is 6. The van der Waals surface area contributed by atoms with Crippen LogP contribution < -0.4 is 10.2 Å². The summed E-state index contributed by atoms with van der Waals surface area (Å²) in [6.07, 6.45) is -6.79. The van der Waals surface area contributed by atoms with Crippen LogP contribution in [0.4, 0.5) is 26.3 Å². The van der Waals surface area contributed by atoms with Gasteiger partial charge in [0, 0.05) is 5.56 Å². The van der Waals surface area contributed by atoms with E-state index in [1.165, 1.54) is 13.3 Å². The molecule has 0 saturated heterocycles. The van der Waals surface area contributed by atoms with E-state index < -0.39 is 35.0 Å². The van der Waals surface area contributed by atoms with Gasteiger partial charge in [-0.1, -0.05) is 0 Å². The Morgan fingerprint density at radius 3 is 2.12 bits per heavy atom. The summed E-state index contributed by atoms with van der Waals surface area (Å²) in [4.78, 5) is 20.3. The molecule has 0 radical (unpaired) electrons. The average Bonchev–Trinajstić information content (AvgIpc) is 2.78. The maximum absolute atomic E-state index is 12.9. The largest absolute Gasteiger partial charge is 0.497 e. The Bertz CT molecular complexity index is 1140. The molecule has 0 saturated carbocycles. The lowest BCUT2D eigenvalue weighted by Crippen LogP contribution is -2.19. The van der Waals surface area contributed by atoms with Crippen LogP contribution in [0.3, 0.4) is 0 Å². The van der Waals surface area contributed by atoms with E-state index in [1.54, 1.807) is 24.3 Å². The molecule has 0 bridgehead atoms. The average molecular weight is 468 g/mol. The van der Waals surface area contributed by atoms with Gasteiger partial charge >= 0.3 is 12.4 Å². The molecule has 2 aromatic carbocycles. The van der Waals surface area contributed by atoms with Crippen LogP contribution in [0.15, 0.2) is 60.0 Å². The zero-order valence-electron chi connectivity index (χ0n) is 16.7. The molecular weight excluding hydrogens is 454 g/mol. The highest BCUT2D eigenvalue weighted by Gasteiger charge is 2.36. The van der Waals surface area contributed by atoms with Gasteiger partial charge in [-0.05, 0) is 48.0 Å². The Balaban J connectivity index is 1.79. The van der Waals surface area contributed by atoms with Crippen LogP contribution in [0.25, 0.3) is 11.3 Å². The van der Waals surface area contributed by atoms with Gasteiger partial charge in [0.05, 0.1) is 42.5 Å². The van der Waals surface area contributed by atoms with E-state index in [-0.39, 0.29) is 11.8 Å². The van der Waals surface area contributed by atoms with Crippen LogP contribution in [-0.4, -0.2) is 29.2 Å². The maximum Gasteiger partial charge on any atom is 0.416 e.